The van der Waals surface area contributed by atoms with Crippen LogP contribution in [0.4, 0.5) is 5.69 Å². The van der Waals surface area contributed by atoms with Crippen molar-refractivity contribution in [2.24, 2.45) is 0 Å². The summed E-state index contributed by atoms with van der Waals surface area (Å²) in [4.78, 5) is 12.1. The first kappa shape index (κ1) is 18.0. The standard InChI is InChI=1S/C20H24BrN7/c21-27-10-8-26(9-11-27)19-3-1-2-17-20(19)25-18(13-23-17)15-12-24-28(14-15)16-4-6-22-7-5-16/h1-3,12-14,16,22H,4-11H2. The van der Waals surface area contributed by atoms with E-state index < -0.39 is 0 Å². The number of piperidine rings is 1. The third kappa shape index (κ3) is 3.52. The summed E-state index contributed by atoms with van der Waals surface area (Å²) in [5, 5.41) is 8.03. The van der Waals surface area contributed by atoms with E-state index in [1.54, 1.807) is 0 Å². The first-order valence-corrected chi connectivity index (χ1v) is 10.7. The molecule has 2 aliphatic heterocycles. The molecular formula is C20H24BrN7. The van der Waals surface area contributed by atoms with Crippen molar-refractivity contribution in [3.63, 3.8) is 0 Å². The summed E-state index contributed by atoms with van der Waals surface area (Å²) in [6.07, 6.45) is 8.15. The van der Waals surface area contributed by atoms with E-state index in [0.29, 0.717) is 6.04 Å². The van der Waals surface area contributed by atoms with Gasteiger partial charge in [0.25, 0.3) is 0 Å². The van der Waals surface area contributed by atoms with Gasteiger partial charge in [-0.25, -0.2) is 8.91 Å². The minimum Gasteiger partial charge on any atom is -0.367 e. The summed E-state index contributed by atoms with van der Waals surface area (Å²) in [5.74, 6) is 0. The second kappa shape index (κ2) is 7.77. The quantitative estimate of drug-likeness (QED) is 0.630. The van der Waals surface area contributed by atoms with Crippen LogP contribution in [0.1, 0.15) is 18.9 Å². The van der Waals surface area contributed by atoms with Crippen molar-refractivity contribution in [1.82, 2.24) is 29.0 Å². The summed E-state index contributed by atoms with van der Waals surface area (Å²) in [5.41, 5.74) is 5.00. The van der Waals surface area contributed by atoms with Gasteiger partial charge in [-0.15, -0.1) is 0 Å². The third-order valence-electron chi connectivity index (χ3n) is 5.70. The van der Waals surface area contributed by atoms with Crippen LogP contribution in [0.5, 0.6) is 0 Å². The highest BCUT2D eigenvalue weighted by Crippen LogP contribution is 2.28. The van der Waals surface area contributed by atoms with Crippen molar-refractivity contribution in [1.29, 1.82) is 0 Å². The number of piperazine rings is 1. The van der Waals surface area contributed by atoms with Crippen LogP contribution in [0.2, 0.25) is 0 Å². The fraction of sp³-hybridized carbons (Fsp3) is 0.450. The highest BCUT2D eigenvalue weighted by Gasteiger charge is 2.19. The maximum Gasteiger partial charge on any atom is 0.113 e. The molecule has 0 saturated carbocycles. The molecule has 1 N–H and O–H groups in total. The normalized spacial score (nSPS) is 19.4. The Morgan fingerprint density at radius 2 is 1.86 bits per heavy atom. The van der Waals surface area contributed by atoms with Gasteiger partial charge in [0.15, 0.2) is 0 Å². The van der Waals surface area contributed by atoms with Crippen LogP contribution in [0.15, 0.2) is 36.8 Å². The zero-order valence-corrected chi connectivity index (χ0v) is 17.3. The highest BCUT2D eigenvalue weighted by molar-refractivity contribution is 9.07. The Bertz CT molecular complexity index is 958. The maximum atomic E-state index is 5.00. The lowest BCUT2D eigenvalue weighted by Gasteiger charge is -2.33. The van der Waals surface area contributed by atoms with Gasteiger partial charge in [0, 0.05) is 54.1 Å². The number of nitrogens with one attached hydrogen (secondary N) is 1. The molecule has 0 spiro atoms. The van der Waals surface area contributed by atoms with Gasteiger partial charge in [0.05, 0.1) is 35.3 Å². The van der Waals surface area contributed by atoms with Crippen LogP contribution >= 0.6 is 16.1 Å². The molecule has 0 radical (unpaired) electrons. The molecule has 0 bridgehead atoms. The number of nitrogens with zero attached hydrogens (tertiary/aromatic N) is 6. The average molecular weight is 442 g/mol. The van der Waals surface area contributed by atoms with Crippen LogP contribution in [-0.4, -0.2) is 62.9 Å². The topological polar surface area (TPSA) is 62.1 Å². The molecule has 7 nitrogen and oxygen atoms in total. The highest BCUT2D eigenvalue weighted by atomic mass is 79.9. The molecule has 2 fully saturated rings. The molecule has 8 heteroatoms. The van der Waals surface area contributed by atoms with Gasteiger partial charge < -0.3 is 10.2 Å². The Balaban J connectivity index is 1.47. The summed E-state index contributed by atoms with van der Waals surface area (Å²) < 4.78 is 4.28. The fourth-order valence-electron chi connectivity index (χ4n) is 4.08. The fourth-order valence-corrected chi connectivity index (χ4v) is 4.39. The predicted molar refractivity (Wildman–Crippen MR) is 115 cm³/mol. The van der Waals surface area contributed by atoms with Gasteiger partial charge in [-0.2, -0.15) is 5.10 Å². The second-order valence-corrected chi connectivity index (χ2v) is 8.49. The molecular weight excluding hydrogens is 418 g/mol. The number of rotatable bonds is 3. The Morgan fingerprint density at radius 3 is 2.68 bits per heavy atom. The molecule has 3 aromatic rings. The Labute approximate surface area is 173 Å². The maximum absolute atomic E-state index is 5.00. The number of benzene rings is 1. The molecule has 4 heterocycles. The van der Waals surface area contributed by atoms with Crippen LogP contribution in [0.3, 0.4) is 0 Å². The summed E-state index contributed by atoms with van der Waals surface area (Å²) in [7, 11) is 0. The van der Waals surface area contributed by atoms with Crippen molar-refractivity contribution < 1.29 is 0 Å². The van der Waals surface area contributed by atoms with Crippen molar-refractivity contribution in [3.05, 3.63) is 36.8 Å². The Kier molecular flexibility index (Phi) is 5.00. The number of halogens is 1. The van der Waals surface area contributed by atoms with Gasteiger partial charge in [-0.05, 0) is 38.1 Å². The summed E-state index contributed by atoms with van der Waals surface area (Å²) >= 11 is 3.58. The number of anilines is 1. The largest absolute Gasteiger partial charge is 0.367 e. The van der Waals surface area contributed by atoms with Gasteiger partial charge in [-0.1, -0.05) is 6.07 Å². The average Bonchev–Trinajstić information content (AvgIpc) is 3.25. The lowest BCUT2D eigenvalue weighted by atomic mass is 10.1. The molecule has 28 heavy (non-hydrogen) atoms. The van der Waals surface area contributed by atoms with Crippen LogP contribution in [0.25, 0.3) is 22.3 Å². The van der Waals surface area contributed by atoms with Gasteiger partial charge in [0.2, 0.25) is 0 Å². The van der Waals surface area contributed by atoms with E-state index in [1.807, 2.05) is 18.5 Å². The molecule has 2 saturated heterocycles. The minimum absolute atomic E-state index is 0.472. The lowest BCUT2D eigenvalue weighted by Crippen LogP contribution is -2.42. The summed E-state index contributed by atoms with van der Waals surface area (Å²) in [6, 6.07) is 6.74. The first-order valence-electron chi connectivity index (χ1n) is 9.94. The smallest absolute Gasteiger partial charge is 0.113 e. The van der Waals surface area contributed by atoms with Crippen molar-refractivity contribution in [2.75, 3.05) is 44.2 Å². The SMILES string of the molecule is BrN1CCN(c2cccc3ncc(-c4cnn(C5CCNCC5)c4)nc23)CC1. The molecule has 2 aromatic heterocycles. The molecule has 0 atom stereocenters. The molecule has 1 aromatic carbocycles. The predicted octanol–water partition coefficient (Wildman–Crippen LogP) is 2.85. The second-order valence-electron chi connectivity index (χ2n) is 7.49. The number of hydrogen-bond acceptors (Lipinski definition) is 6. The van der Waals surface area contributed by atoms with Crippen molar-refractivity contribution in [2.45, 2.75) is 18.9 Å². The van der Waals surface area contributed by atoms with Gasteiger partial charge in [-0.3, -0.25) is 9.67 Å². The first-order chi connectivity index (χ1) is 13.8. The van der Waals surface area contributed by atoms with Crippen LogP contribution in [-0.2, 0) is 0 Å². The monoisotopic (exact) mass is 441 g/mol. The van der Waals surface area contributed by atoms with E-state index in [0.717, 1.165) is 80.1 Å². The number of para-hydroxylation sites is 1. The molecule has 0 amide bonds. The zero-order chi connectivity index (χ0) is 18.9. The van der Waals surface area contributed by atoms with Crippen LogP contribution < -0.4 is 10.2 Å². The summed E-state index contributed by atoms with van der Waals surface area (Å²) in [6.45, 7) is 6.05. The Morgan fingerprint density at radius 1 is 1.04 bits per heavy atom. The number of hydrogen-bond donors (Lipinski definition) is 1. The van der Waals surface area contributed by atoms with E-state index in [1.165, 1.54) is 0 Å². The lowest BCUT2D eigenvalue weighted by molar-refractivity contribution is 0.343. The van der Waals surface area contributed by atoms with E-state index in [-0.39, 0.29) is 0 Å². The van der Waals surface area contributed by atoms with Crippen LogP contribution in [0, 0.1) is 0 Å². The third-order valence-corrected chi connectivity index (χ3v) is 6.41. The molecule has 146 valence electrons. The van der Waals surface area contributed by atoms with Crippen molar-refractivity contribution >= 4 is 32.9 Å². The van der Waals surface area contributed by atoms with E-state index in [2.05, 4.69) is 58.4 Å². The van der Waals surface area contributed by atoms with E-state index in [4.69, 9.17) is 9.97 Å². The molecule has 5 rings (SSSR count). The van der Waals surface area contributed by atoms with E-state index in [9.17, 15) is 0 Å². The minimum atomic E-state index is 0.472. The van der Waals surface area contributed by atoms with E-state index >= 15 is 0 Å². The molecule has 0 unspecified atom stereocenters. The number of fused-ring (bicyclic) bond motifs is 1. The molecule has 2 aliphatic rings. The van der Waals surface area contributed by atoms with Gasteiger partial charge >= 0.3 is 0 Å². The Hall–Kier alpha value is -2.03. The number of aromatic nitrogens is 4. The molecule has 0 aliphatic carbocycles. The van der Waals surface area contributed by atoms with Crippen molar-refractivity contribution in [3.8, 4) is 11.3 Å². The van der Waals surface area contributed by atoms with Gasteiger partial charge in [0.1, 0.15) is 5.52 Å². The zero-order valence-electron chi connectivity index (χ0n) is 15.8.